The van der Waals surface area contributed by atoms with E-state index >= 15 is 0 Å². The molecule has 2 aromatic rings. The van der Waals surface area contributed by atoms with E-state index in [4.69, 9.17) is 0 Å². The molecule has 98 valence electrons. The minimum absolute atomic E-state index is 1.03. The fourth-order valence-corrected chi connectivity index (χ4v) is 2.91. The molecular formula is C18H21N. The van der Waals surface area contributed by atoms with Crippen LogP contribution in [-0.4, -0.2) is 6.54 Å². The molecule has 0 amide bonds. The summed E-state index contributed by atoms with van der Waals surface area (Å²) in [6.45, 7) is 2.20. The highest BCUT2D eigenvalue weighted by Gasteiger charge is 2.13. The van der Waals surface area contributed by atoms with Crippen molar-refractivity contribution in [3.63, 3.8) is 0 Å². The summed E-state index contributed by atoms with van der Waals surface area (Å²) in [6, 6.07) is 19.7. The molecule has 2 aromatic carbocycles. The maximum absolute atomic E-state index is 2.55. The summed E-state index contributed by atoms with van der Waals surface area (Å²) in [7, 11) is 0. The average molecular weight is 251 g/mol. The highest BCUT2D eigenvalue weighted by Crippen LogP contribution is 2.26. The van der Waals surface area contributed by atoms with Gasteiger partial charge in [-0.15, -0.1) is 0 Å². The van der Waals surface area contributed by atoms with Crippen molar-refractivity contribution in [1.29, 1.82) is 0 Å². The number of nitrogens with zero attached hydrogens (tertiary/aromatic N) is 1. The number of anilines is 1. The lowest BCUT2D eigenvalue weighted by molar-refractivity contribution is 0.630. The Kier molecular flexibility index (Phi) is 3.83. The Hall–Kier alpha value is -1.76. The zero-order chi connectivity index (χ0) is 12.9. The first-order valence-electron chi connectivity index (χ1n) is 7.30. The summed E-state index contributed by atoms with van der Waals surface area (Å²) in [5, 5.41) is 0. The average Bonchev–Trinajstić information content (AvgIpc) is 2.45. The topological polar surface area (TPSA) is 3.24 Å². The maximum Gasteiger partial charge on any atom is 0.0429 e. The van der Waals surface area contributed by atoms with Gasteiger partial charge in [-0.25, -0.2) is 0 Å². The second-order valence-corrected chi connectivity index (χ2v) is 5.35. The molecule has 0 saturated heterocycles. The Bertz CT molecular complexity index is 518. The van der Waals surface area contributed by atoms with E-state index in [0.29, 0.717) is 0 Å². The molecule has 0 aliphatic carbocycles. The van der Waals surface area contributed by atoms with Crippen molar-refractivity contribution in [2.45, 2.75) is 32.2 Å². The first-order valence-corrected chi connectivity index (χ1v) is 7.30. The number of fused-ring (bicyclic) bond motifs is 1. The molecule has 0 fully saturated rings. The van der Waals surface area contributed by atoms with Gasteiger partial charge in [-0.05, 0) is 36.5 Å². The van der Waals surface area contributed by atoms with E-state index in [1.165, 1.54) is 49.0 Å². The van der Waals surface area contributed by atoms with Crippen molar-refractivity contribution < 1.29 is 0 Å². The molecule has 19 heavy (non-hydrogen) atoms. The van der Waals surface area contributed by atoms with Gasteiger partial charge in [0.05, 0.1) is 0 Å². The Labute approximate surface area is 115 Å². The van der Waals surface area contributed by atoms with E-state index in [0.717, 1.165) is 6.54 Å². The minimum Gasteiger partial charge on any atom is -0.367 e. The standard InChI is InChI=1S/C18H21N/c1-3-9-16(10-4-1)15-19-14-8-2-5-11-17-12-6-7-13-18(17)19/h1,3-4,6-7,9-10,12-13H,2,5,8,11,14-15H2. The molecular weight excluding hydrogens is 230 g/mol. The fourth-order valence-electron chi connectivity index (χ4n) is 2.91. The molecule has 1 heteroatoms. The van der Waals surface area contributed by atoms with Gasteiger partial charge in [0.15, 0.2) is 0 Å². The van der Waals surface area contributed by atoms with Crippen LogP contribution in [0.4, 0.5) is 5.69 Å². The molecule has 1 nitrogen and oxygen atoms in total. The Morgan fingerprint density at radius 3 is 2.47 bits per heavy atom. The van der Waals surface area contributed by atoms with Gasteiger partial charge in [0.1, 0.15) is 0 Å². The largest absolute Gasteiger partial charge is 0.367 e. The normalized spacial score (nSPS) is 15.5. The minimum atomic E-state index is 1.03. The Morgan fingerprint density at radius 2 is 1.58 bits per heavy atom. The van der Waals surface area contributed by atoms with Gasteiger partial charge in [0, 0.05) is 18.8 Å². The number of aryl methyl sites for hydroxylation is 1. The van der Waals surface area contributed by atoms with Gasteiger partial charge in [-0.2, -0.15) is 0 Å². The van der Waals surface area contributed by atoms with Gasteiger partial charge in [0.25, 0.3) is 0 Å². The molecule has 0 spiro atoms. The van der Waals surface area contributed by atoms with Crippen LogP contribution in [-0.2, 0) is 13.0 Å². The Morgan fingerprint density at radius 1 is 0.789 bits per heavy atom. The molecule has 1 aliphatic rings. The molecule has 0 bridgehead atoms. The molecule has 0 N–H and O–H groups in total. The van der Waals surface area contributed by atoms with Crippen molar-refractivity contribution in [2.24, 2.45) is 0 Å². The van der Waals surface area contributed by atoms with Gasteiger partial charge < -0.3 is 4.90 Å². The molecule has 0 unspecified atom stereocenters. The lowest BCUT2D eigenvalue weighted by atomic mass is 10.0. The maximum atomic E-state index is 2.55. The van der Waals surface area contributed by atoms with Crippen molar-refractivity contribution in [3.8, 4) is 0 Å². The van der Waals surface area contributed by atoms with Crippen LogP contribution in [0.2, 0.25) is 0 Å². The summed E-state index contributed by atoms with van der Waals surface area (Å²) in [5.74, 6) is 0. The molecule has 0 saturated carbocycles. The lowest BCUT2D eigenvalue weighted by Crippen LogP contribution is -2.26. The third-order valence-electron chi connectivity index (χ3n) is 3.92. The third kappa shape index (κ3) is 2.98. The molecule has 0 radical (unpaired) electrons. The van der Waals surface area contributed by atoms with E-state index in [9.17, 15) is 0 Å². The first-order chi connectivity index (χ1) is 9.43. The lowest BCUT2D eigenvalue weighted by Gasteiger charge is -2.29. The molecule has 1 heterocycles. The number of para-hydroxylation sites is 1. The van der Waals surface area contributed by atoms with Crippen molar-refractivity contribution in [1.82, 2.24) is 0 Å². The van der Waals surface area contributed by atoms with Crippen LogP contribution in [0.3, 0.4) is 0 Å². The van der Waals surface area contributed by atoms with Crippen molar-refractivity contribution in [3.05, 3.63) is 65.7 Å². The predicted octanol–water partition coefficient (Wildman–Crippen LogP) is 4.42. The molecule has 1 aliphatic heterocycles. The first kappa shape index (κ1) is 12.3. The summed E-state index contributed by atoms with van der Waals surface area (Å²) in [4.78, 5) is 2.55. The summed E-state index contributed by atoms with van der Waals surface area (Å²) in [5.41, 5.74) is 4.35. The van der Waals surface area contributed by atoms with Gasteiger partial charge in [0.2, 0.25) is 0 Å². The van der Waals surface area contributed by atoms with Crippen molar-refractivity contribution >= 4 is 5.69 Å². The van der Waals surface area contributed by atoms with Crippen LogP contribution in [0, 0.1) is 0 Å². The van der Waals surface area contributed by atoms with Crippen LogP contribution < -0.4 is 4.90 Å². The van der Waals surface area contributed by atoms with Gasteiger partial charge in [-0.3, -0.25) is 0 Å². The number of rotatable bonds is 2. The monoisotopic (exact) mass is 251 g/mol. The van der Waals surface area contributed by atoms with Crippen LogP contribution in [0.15, 0.2) is 54.6 Å². The third-order valence-corrected chi connectivity index (χ3v) is 3.92. The Balaban J connectivity index is 1.88. The van der Waals surface area contributed by atoms with Crippen LogP contribution >= 0.6 is 0 Å². The van der Waals surface area contributed by atoms with Crippen LogP contribution in [0.5, 0.6) is 0 Å². The summed E-state index contributed by atoms with van der Waals surface area (Å²) >= 11 is 0. The van der Waals surface area contributed by atoms with E-state index in [-0.39, 0.29) is 0 Å². The van der Waals surface area contributed by atoms with E-state index in [1.807, 2.05) is 0 Å². The number of hydrogen-bond donors (Lipinski definition) is 0. The number of hydrogen-bond acceptors (Lipinski definition) is 1. The smallest absolute Gasteiger partial charge is 0.0429 e. The predicted molar refractivity (Wildman–Crippen MR) is 81.5 cm³/mol. The van der Waals surface area contributed by atoms with Gasteiger partial charge >= 0.3 is 0 Å². The number of benzene rings is 2. The summed E-state index contributed by atoms with van der Waals surface area (Å²) < 4.78 is 0. The zero-order valence-corrected chi connectivity index (χ0v) is 11.4. The summed E-state index contributed by atoms with van der Waals surface area (Å²) in [6.07, 6.45) is 5.21. The molecule has 0 aromatic heterocycles. The highest BCUT2D eigenvalue weighted by molar-refractivity contribution is 5.54. The second kappa shape index (κ2) is 5.92. The molecule has 0 atom stereocenters. The van der Waals surface area contributed by atoms with E-state index in [1.54, 1.807) is 0 Å². The van der Waals surface area contributed by atoms with Gasteiger partial charge in [-0.1, -0.05) is 55.0 Å². The van der Waals surface area contributed by atoms with Crippen LogP contribution in [0.1, 0.15) is 30.4 Å². The quantitative estimate of drug-likeness (QED) is 0.763. The SMILES string of the molecule is c1ccc(CN2CCCCCc3ccccc32)cc1. The second-order valence-electron chi connectivity index (χ2n) is 5.35. The van der Waals surface area contributed by atoms with E-state index in [2.05, 4.69) is 59.5 Å². The fraction of sp³-hybridized carbons (Fsp3) is 0.333. The zero-order valence-electron chi connectivity index (χ0n) is 11.4. The molecule has 3 rings (SSSR count). The van der Waals surface area contributed by atoms with E-state index < -0.39 is 0 Å². The van der Waals surface area contributed by atoms with Crippen molar-refractivity contribution in [2.75, 3.05) is 11.4 Å². The highest BCUT2D eigenvalue weighted by atomic mass is 15.1. The van der Waals surface area contributed by atoms with Crippen LogP contribution in [0.25, 0.3) is 0 Å².